The number of anilines is 1. The fourth-order valence-electron chi connectivity index (χ4n) is 2.29. The Kier molecular flexibility index (Phi) is 3.91. The fraction of sp³-hybridized carbons (Fsp3) is 0.400. The van der Waals surface area contributed by atoms with Crippen molar-refractivity contribution < 1.29 is 0 Å². The molecule has 96 valence electrons. The Morgan fingerprint density at radius 1 is 1.22 bits per heavy atom. The van der Waals surface area contributed by atoms with Gasteiger partial charge in [-0.2, -0.15) is 0 Å². The summed E-state index contributed by atoms with van der Waals surface area (Å²) in [7, 11) is 0. The molecule has 0 saturated carbocycles. The monoisotopic (exact) mass is 306 g/mol. The van der Waals surface area contributed by atoms with E-state index < -0.39 is 0 Å². The van der Waals surface area contributed by atoms with Gasteiger partial charge >= 0.3 is 0 Å². The van der Waals surface area contributed by atoms with Crippen LogP contribution in [0.25, 0.3) is 10.9 Å². The molecule has 0 aliphatic carbocycles. The third kappa shape index (κ3) is 2.12. The van der Waals surface area contributed by atoms with E-state index in [9.17, 15) is 0 Å². The van der Waals surface area contributed by atoms with Crippen molar-refractivity contribution in [3.8, 4) is 0 Å². The van der Waals surface area contributed by atoms with Crippen molar-refractivity contribution in [3.63, 3.8) is 0 Å². The molecule has 0 unspecified atom stereocenters. The second kappa shape index (κ2) is 5.27. The van der Waals surface area contributed by atoms with Crippen LogP contribution >= 0.6 is 15.9 Å². The minimum Gasteiger partial charge on any atom is -0.385 e. The van der Waals surface area contributed by atoms with Gasteiger partial charge in [0.1, 0.15) is 0 Å². The molecule has 2 nitrogen and oxygen atoms in total. The van der Waals surface area contributed by atoms with E-state index in [1.54, 1.807) is 0 Å². The van der Waals surface area contributed by atoms with E-state index >= 15 is 0 Å². The molecular formula is C15H19BrN2. The largest absolute Gasteiger partial charge is 0.385 e. The minimum atomic E-state index is 0.925. The Hall–Kier alpha value is -1.09. The van der Waals surface area contributed by atoms with E-state index in [2.05, 4.69) is 61.1 Å². The Labute approximate surface area is 117 Å². The van der Waals surface area contributed by atoms with Crippen molar-refractivity contribution in [3.05, 3.63) is 33.4 Å². The fourth-order valence-corrected chi connectivity index (χ4v) is 2.72. The molecule has 0 aliphatic heterocycles. The van der Waals surface area contributed by atoms with Gasteiger partial charge in [0, 0.05) is 27.8 Å². The number of benzene rings is 1. The Morgan fingerprint density at radius 3 is 2.56 bits per heavy atom. The van der Waals surface area contributed by atoms with Gasteiger partial charge < -0.3 is 5.32 Å². The number of aromatic nitrogens is 1. The van der Waals surface area contributed by atoms with E-state index in [0.717, 1.165) is 23.0 Å². The topological polar surface area (TPSA) is 24.9 Å². The molecular weight excluding hydrogens is 288 g/mol. The highest BCUT2D eigenvalue weighted by Crippen LogP contribution is 2.33. The number of rotatable bonds is 3. The molecule has 0 fully saturated rings. The molecule has 0 amide bonds. The van der Waals surface area contributed by atoms with Gasteiger partial charge in [-0.15, -0.1) is 0 Å². The normalized spacial score (nSPS) is 10.9. The summed E-state index contributed by atoms with van der Waals surface area (Å²) in [5.41, 5.74) is 5.95. The molecule has 1 aromatic heterocycles. The summed E-state index contributed by atoms with van der Waals surface area (Å²) in [6.07, 6.45) is 0.959. The highest BCUT2D eigenvalue weighted by molar-refractivity contribution is 9.10. The first kappa shape index (κ1) is 13.3. The van der Waals surface area contributed by atoms with Crippen LogP contribution in [-0.4, -0.2) is 11.5 Å². The van der Waals surface area contributed by atoms with Crippen molar-refractivity contribution in [2.75, 3.05) is 11.9 Å². The van der Waals surface area contributed by atoms with Gasteiger partial charge in [0.15, 0.2) is 0 Å². The lowest BCUT2D eigenvalue weighted by atomic mass is 10.0. The summed E-state index contributed by atoms with van der Waals surface area (Å²) < 4.78 is 1.11. The zero-order valence-electron chi connectivity index (χ0n) is 11.4. The smallest absolute Gasteiger partial charge is 0.0870 e. The van der Waals surface area contributed by atoms with Crippen molar-refractivity contribution in [2.24, 2.45) is 0 Å². The molecule has 1 N–H and O–H groups in total. The molecule has 0 radical (unpaired) electrons. The highest BCUT2D eigenvalue weighted by Gasteiger charge is 2.13. The van der Waals surface area contributed by atoms with Crippen LogP contribution in [0.4, 0.5) is 5.69 Å². The SMILES string of the molecule is CCNc1c(C)c(CC)nc2c(Br)c(C)ccc12. The van der Waals surface area contributed by atoms with Crippen molar-refractivity contribution in [1.82, 2.24) is 4.98 Å². The molecule has 2 aromatic rings. The summed E-state index contributed by atoms with van der Waals surface area (Å²) in [6.45, 7) is 9.45. The van der Waals surface area contributed by atoms with Crippen LogP contribution in [0.2, 0.25) is 0 Å². The van der Waals surface area contributed by atoms with Crippen LogP contribution in [-0.2, 0) is 6.42 Å². The van der Waals surface area contributed by atoms with Crippen LogP contribution in [0.15, 0.2) is 16.6 Å². The standard InChI is InChI=1S/C15H19BrN2/c1-5-12-10(4)14(17-6-2)11-8-7-9(3)13(16)15(11)18-12/h7-8H,5-6H2,1-4H3,(H,17,18). The molecule has 0 atom stereocenters. The Bertz CT molecular complexity index is 591. The van der Waals surface area contributed by atoms with Crippen molar-refractivity contribution in [2.45, 2.75) is 34.1 Å². The average Bonchev–Trinajstić information content (AvgIpc) is 2.37. The van der Waals surface area contributed by atoms with Gasteiger partial charge in [-0.05, 0) is 54.2 Å². The van der Waals surface area contributed by atoms with Crippen molar-refractivity contribution >= 4 is 32.5 Å². The third-order valence-corrected chi connectivity index (χ3v) is 4.32. The molecule has 18 heavy (non-hydrogen) atoms. The lowest BCUT2D eigenvalue weighted by molar-refractivity contribution is 1.02. The predicted octanol–water partition coefficient (Wildman–Crippen LogP) is 4.61. The van der Waals surface area contributed by atoms with E-state index in [1.165, 1.54) is 27.9 Å². The van der Waals surface area contributed by atoms with Crippen LogP contribution in [0.1, 0.15) is 30.7 Å². The van der Waals surface area contributed by atoms with Gasteiger partial charge in [-0.1, -0.05) is 19.1 Å². The van der Waals surface area contributed by atoms with Gasteiger partial charge in [-0.3, -0.25) is 4.98 Å². The first-order chi connectivity index (χ1) is 8.60. The van der Waals surface area contributed by atoms with Gasteiger partial charge in [0.05, 0.1) is 5.52 Å². The molecule has 1 heterocycles. The zero-order valence-corrected chi connectivity index (χ0v) is 13.0. The summed E-state index contributed by atoms with van der Waals surface area (Å²) >= 11 is 3.66. The lowest BCUT2D eigenvalue weighted by Crippen LogP contribution is -2.04. The van der Waals surface area contributed by atoms with E-state index in [0.29, 0.717) is 0 Å². The molecule has 0 saturated heterocycles. The van der Waals surface area contributed by atoms with E-state index in [-0.39, 0.29) is 0 Å². The van der Waals surface area contributed by atoms with Crippen LogP contribution in [0, 0.1) is 13.8 Å². The minimum absolute atomic E-state index is 0.925. The molecule has 0 aliphatic rings. The second-order valence-corrected chi connectivity index (χ2v) is 5.33. The summed E-state index contributed by atoms with van der Waals surface area (Å²) in [5.74, 6) is 0. The van der Waals surface area contributed by atoms with Crippen LogP contribution in [0.3, 0.4) is 0 Å². The molecule has 1 aromatic carbocycles. The number of halogens is 1. The Balaban J connectivity index is 2.85. The zero-order chi connectivity index (χ0) is 13.3. The maximum absolute atomic E-state index is 4.81. The quantitative estimate of drug-likeness (QED) is 0.896. The average molecular weight is 307 g/mol. The highest BCUT2D eigenvalue weighted by atomic mass is 79.9. The van der Waals surface area contributed by atoms with E-state index in [1.807, 2.05) is 0 Å². The van der Waals surface area contributed by atoms with Crippen molar-refractivity contribution in [1.29, 1.82) is 0 Å². The molecule has 0 spiro atoms. The number of aryl methyl sites for hydroxylation is 2. The maximum atomic E-state index is 4.81. The predicted molar refractivity (Wildman–Crippen MR) is 82.5 cm³/mol. The number of fused-ring (bicyclic) bond motifs is 1. The number of pyridine rings is 1. The van der Waals surface area contributed by atoms with E-state index in [4.69, 9.17) is 4.98 Å². The summed E-state index contributed by atoms with van der Waals surface area (Å²) in [6, 6.07) is 4.30. The van der Waals surface area contributed by atoms with Crippen LogP contribution in [0.5, 0.6) is 0 Å². The lowest BCUT2D eigenvalue weighted by Gasteiger charge is -2.16. The first-order valence-electron chi connectivity index (χ1n) is 6.42. The molecule has 0 bridgehead atoms. The third-order valence-electron chi connectivity index (χ3n) is 3.32. The molecule has 2 rings (SSSR count). The first-order valence-corrected chi connectivity index (χ1v) is 7.21. The van der Waals surface area contributed by atoms with Crippen LogP contribution < -0.4 is 5.32 Å². The number of hydrogen-bond donors (Lipinski definition) is 1. The second-order valence-electron chi connectivity index (χ2n) is 4.53. The van der Waals surface area contributed by atoms with Gasteiger partial charge in [0.2, 0.25) is 0 Å². The molecule has 3 heteroatoms. The summed E-state index contributed by atoms with van der Waals surface area (Å²) in [4.78, 5) is 4.81. The number of nitrogens with zero attached hydrogens (tertiary/aromatic N) is 1. The van der Waals surface area contributed by atoms with Gasteiger partial charge in [0.25, 0.3) is 0 Å². The van der Waals surface area contributed by atoms with Gasteiger partial charge in [-0.25, -0.2) is 0 Å². The number of nitrogens with one attached hydrogen (secondary N) is 1. The maximum Gasteiger partial charge on any atom is 0.0870 e. The summed E-state index contributed by atoms with van der Waals surface area (Å²) in [5, 5.41) is 4.68. The Morgan fingerprint density at radius 2 is 1.94 bits per heavy atom. The number of hydrogen-bond acceptors (Lipinski definition) is 2.